The maximum atomic E-state index is 12.7. The monoisotopic (exact) mass is 406 g/mol. The molecule has 0 bridgehead atoms. The zero-order valence-electron chi connectivity index (χ0n) is 13.8. The number of nitrogens with two attached hydrogens (primary N) is 2. The quantitative estimate of drug-likeness (QED) is 0.672. The lowest BCUT2D eigenvalue weighted by atomic mass is 10.1. The Bertz CT molecular complexity index is 1080. The number of benzene rings is 1. The average molecular weight is 407 g/mol. The SMILES string of the molecule is N#Cc1c(N)nc(N)nc1-c1ccc(Oc2ncc(C(F)(F)F)cc2Cl)cc1. The second-order valence-corrected chi connectivity index (χ2v) is 5.84. The van der Waals surface area contributed by atoms with Gasteiger partial charge in [-0.1, -0.05) is 11.6 Å². The Labute approximate surface area is 161 Å². The third-order valence-electron chi connectivity index (χ3n) is 3.54. The van der Waals surface area contributed by atoms with Crippen molar-refractivity contribution in [1.82, 2.24) is 15.0 Å². The third kappa shape index (κ3) is 3.89. The van der Waals surface area contributed by atoms with Crippen LogP contribution in [0.2, 0.25) is 5.02 Å². The Hall–Kier alpha value is -3.58. The standard InChI is InChI=1S/C17H10ClF3N6O/c18-12-5-9(17(19,20)21)7-25-15(12)28-10-3-1-8(2-4-10)13-11(6-22)14(23)27-16(24)26-13/h1-5,7H,(H4,23,24,26,27). The first-order valence-corrected chi connectivity index (χ1v) is 7.91. The fourth-order valence-electron chi connectivity index (χ4n) is 2.26. The molecule has 0 aliphatic carbocycles. The molecule has 0 spiro atoms. The Morgan fingerprint density at radius 3 is 2.36 bits per heavy atom. The van der Waals surface area contributed by atoms with E-state index in [2.05, 4.69) is 15.0 Å². The molecule has 142 valence electrons. The summed E-state index contributed by atoms with van der Waals surface area (Å²) in [4.78, 5) is 11.4. The predicted octanol–water partition coefficient (Wildman–Crippen LogP) is 4.04. The lowest BCUT2D eigenvalue weighted by molar-refractivity contribution is -0.137. The molecule has 0 aliphatic rings. The summed E-state index contributed by atoms with van der Waals surface area (Å²) in [5.74, 6) is -0.0688. The normalized spacial score (nSPS) is 11.1. The summed E-state index contributed by atoms with van der Waals surface area (Å²) < 4.78 is 43.4. The molecule has 3 rings (SSSR count). The zero-order chi connectivity index (χ0) is 20.5. The van der Waals surface area contributed by atoms with Gasteiger partial charge in [0.1, 0.15) is 28.2 Å². The van der Waals surface area contributed by atoms with Gasteiger partial charge in [0.05, 0.1) is 11.3 Å². The van der Waals surface area contributed by atoms with Gasteiger partial charge in [0.25, 0.3) is 0 Å². The number of hydrogen-bond donors (Lipinski definition) is 2. The molecule has 0 radical (unpaired) electrons. The highest BCUT2D eigenvalue weighted by Gasteiger charge is 2.31. The highest BCUT2D eigenvalue weighted by molar-refractivity contribution is 6.31. The molecular formula is C17H10ClF3N6O. The highest BCUT2D eigenvalue weighted by Crippen LogP contribution is 2.35. The molecule has 0 saturated heterocycles. The van der Waals surface area contributed by atoms with E-state index in [4.69, 9.17) is 27.8 Å². The van der Waals surface area contributed by atoms with Crippen LogP contribution < -0.4 is 16.2 Å². The summed E-state index contributed by atoms with van der Waals surface area (Å²) in [6.45, 7) is 0. The summed E-state index contributed by atoms with van der Waals surface area (Å²) in [6.07, 6.45) is -3.93. The van der Waals surface area contributed by atoms with Crippen molar-refractivity contribution in [3.05, 3.63) is 52.7 Å². The molecule has 0 atom stereocenters. The van der Waals surface area contributed by atoms with Crippen molar-refractivity contribution in [1.29, 1.82) is 5.26 Å². The molecule has 3 aromatic rings. The number of halogens is 4. The number of nitrogens with zero attached hydrogens (tertiary/aromatic N) is 4. The molecule has 11 heteroatoms. The lowest BCUT2D eigenvalue weighted by Crippen LogP contribution is -2.05. The van der Waals surface area contributed by atoms with Gasteiger partial charge in [-0.3, -0.25) is 0 Å². The number of pyridine rings is 1. The predicted molar refractivity (Wildman–Crippen MR) is 95.3 cm³/mol. The number of nitriles is 1. The molecule has 2 aromatic heterocycles. The second kappa shape index (κ2) is 7.21. The van der Waals surface area contributed by atoms with Crippen LogP contribution in [-0.4, -0.2) is 15.0 Å². The van der Waals surface area contributed by atoms with E-state index in [1.54, 1.807) is 12.1 Å². The van der Waals surface area contributed by atoms with Crippen LogP contribution in [0.5, 0.6) is 11.6 Å². The minimum atomic E-state index is -4.56. The van der Waals surface area contributed by atoms with Crippen molar-refractivity contribution in [3.8, 4) is 29.0 Å². The minimum absolute atomic E-state index is 0.0499. The van der Waals surface area contributed by atoms with Gasteiger partial charge in [0.2, 0.25) is 11.8 Å². The molecule has 1 aromatic carbocycles. The van der Waals surface area contributed by atoms with Crippen molar-refractivity contribution < 1.29 is 17.9 Å². The second-order valence-electron chi connectivity index (χ2n) is 5.44. The molecular weight excluding hydrogens is 397 g/mol. The van der Waals surface area contributed by atoms with E-state index >= 15 is 0 Å². The largest absolute Gasteiger partial charge is 0.438 e. The van der Waals surface area contributed by atoms with Crippen LogP contribution in [0.1, 0.15) is 11.1 Å². The zero-order valence-corrected chi connectivity index (χ0v) is 14.6. The number of rotatable bonds is 3. The first-order valence-electron chi connectivity index (χ1n) is 7.53. The smallest absolute Gasteiger partial charge is 0.417 e. The first kappa shape index (κ1) is 19.2. The van der Waals surface area contributed by atoms with Gasteiger partial charge in [0.15, 0.2) is 0 Å². The topological polar surface area (TPSA) is 124 Å². The summed E-state index contributed by atoms with van der Waals surface area (Å²) in [7, 11) is 0. The van der Waals surface area contributed by atoms with Crippen LogP contribution in [0.25, 0.3) is 11.3 Å². The number of nitrogen functional groups attached to an aromatic ring is 2. The maximum absolute atomic E-state index is 12.7. The number of hydrogen-bond acceptors (Lipinski definition) is 7. The van der Waals surface area contributed by atoms with Gasteiger partial charge in [-0.05, 0) is 30.3 Å². The number of aromatic nitrogens is 3. The van der Waals surface area contributed by atoms with Crippen LogP contribution in [-0.2, 0) is 6.18 Å². The van der Waals surface area contributed by atoms with Crippen molar-refractivity contribution in [3.63, 3.8) is 0 Å². The number of ether oxygens (including phenoxy) is 1. The Morgan fingerprint density at radius 1 is 1.11 bits per heavy atom. The van der Waals surface area contributed by atoms with Crippen molar-refractivity contribution in [2.75, 3.05) is 11.5 Å². The van der Waals surface area contributed by atoms with Gasteiger partial charge in [-0.25, -0.2) is 9.97 Å². The maximum Gasteiger partial charge on any atom is 0.417 e. The van der Waals surface area contributed by atoms with Gasteiger partial charge in [0, 0.05) is 11.8 Å². The molecule has 4 N–H and O–H groups in total. The Balaban J connectivity index is 1.88. The Morgan fingerprint density at radius 2 is 1.79 bits per heavy atom. The van der Waals surface area contributed by atoms with Crippen molar-refractivity contribution >= 4 is 23.4 Å². The number of alkyl halides is 3. The fourth-order valence-corrected chi connectivity index (χ4v) is 2.47. The minimum Gasteiger partial charge on any atom is -0.438 e. The Kier molecular flexibility index (Phi) is 4.94. The fraction of sp³-hybridized carbons (Fsp3) is 0.0588. The molecule has 0 saturated carbocycles. The van der Waals surface area contributed by atoms with Gasteiger partial charge < -0.3 is 16.2 Å². The molecule has 0 fully saturated rings. The molecule has 0 aliphatic heterocycles. The molecule has 0 amide bonds. The van der Waals surface area contributed by atoms with E-state index in [0.29, 0.717) is 11.8 Å². The van der Waals surface area contributed by atoms with E-state index in [0.717, 1.165) is 6.07 Å². The molecule has 28 heavy (non-hydrogen) atoms. The first-order chi connectivity index (χ1) is 13.2. The lowest BCUT2D eigenvalue weighted by Gasteiger charge is -2.11. The molecule has 0 unspecified atom stereocenters. The van der Waals surface area contributed by atoms with E-state index < -0.39 is 11.7 Å². The van der Waals surface area contributed by atoms with Crippen LogP contribution >= 0.6 is 11.6 Å². The summed E-state index contributed by atoms with van der Waals surface area (Å²) in [5.41, 5.74) is 11.1. The van der Waals surface area contributed by atoms with Gasteiger partial charge in [-0.2, -0.15) is 23.4 Å². The molecule has 2 heterocycles. The van der Waals surface area contributed by atoms with E-state index in [1.165, 1.54) is 12.1 Å². The van der Waals surface area contributed by atoms with E-state index in [-0.39, 0.29) is 39.7 Å². The molecule has 7 nitrogen and oxygen atoms in total. The van der Waals surface area contributed by atoms with Crippen molar-refractivity contribution in [2.45, 2.75) is 6.18 Å². The van der Waals surface area contributed by atoms with Crippen molar-refractivity contribution in [2.24, 2.45) is 0 Å². The summed E-state index contributed by atoms with van der Waals surface area (Å²) in [5, 5.41) is 8.94. The summed E-state index contributed by atoms with van der Waals surface area (Å²) in [6, 6.07) is 8.77. The number of anilines is 2. The van der Waals surface area contributed by atoms with Crippen LogP contribution in [0.15, 0.2) is 36.5 Å². The van der Waals surface area contributed by atoms with Crippen LogP contribution in [0, 0.1) is 11.3 Å². The van der Waals surface area contributed by atoms with E-state index in [9.17, 15) is 18.4 Å². The van der Waals surface area contributed by atoms with Gasteiger partial charge >= 0.3 is 6.18 Å². The van der Waals surface area contributed by atoms with Crippen LogP contribution in [0.4, 0.5) is 24.9 Å². The highest BCUT2D eigenvalue weighted by atomic mass is 35.5. The summed E-state index contributed by atoms with van der Waals surface area (Å²) >= 11 is 5.82. The third-order valence-corrected chi connectivity index (χ3v) is 3.81. The average Bonchev–Trinajstić information content (AvgIpc) is 2.62. The van der Waals surface area contributed by atoms with Crippen LogP contribution in [0.3, 0.4) is 0 Å². The van der Waals surface area contributed by atoms with Gasteiger partial charge in [-0.15, -0.1) is 0 Å². The van der Waals surface area contributed by atoms with E-state index in [1.807, 2.05) is 6.07 Å².